The van der Waals surface area contributed by atoms with E-state index in [-0.39, 0.29) is 5.91 Å². The van der Waals surface area contributed by atoms with Crippen LogP contribution in [0.3, 0.4) is 0 Å². The molecule has 1 amide bonds. The van der Waals surface area contributed by atoms with Gasteiger partial charge >= 0.3 is 0 Å². The Morgan fingerprint density at radius 1 is 1.07 bits per heavy atom. The van der Waals surface area contributed by atoms with E-state index in [1.54, 1.807) is 17.0 Å². The molecule has 0 saturated carbocycles. The monoisotopic (exact) mass is 368 g/mol. The van der Waals surface area contributed by atoms with Gasteiger partial charge in [0.05, 0.1) is 39.8 Å². The maximum Gasteiger partial charge on any atom is 0.255 e. The first-order valence-corrected chi connectivity index (χ1v) is 9.86. The van der Waals surface area contributed by atoms with E-state index in [0.717, 1.165) is 50.5 Å². The van der Waals surface area contributed by atoms with Gasteiger partial charge in [0.25, 0.3) is 5.91 Å². The second-order valence-corrected chi connectivity index (χ2v) is 7.17. The first kappa shape index (κ1) is 19.2. The van der Waals surface area contributed by atoms with Crippen molar-refractivity contribution in [1.29, 1.82) is 0 Å². The fourth-order valence-electron chi connectivity index (χ4n) is 3.14. The number of amides is 1. The summed E-state index contributed by atoms with van der Waals surface area (Å²) >= 11 is 0. The molecule has 1 heterocycles. The van der Waals surface area contributed by atoms with Crippen molar-refractivity contribution in [3.63, 3.8) is 0 Å². The molecule has 27 heavy (non-hydrogen) atoms. The van der Waals surface area contributed by atoms with E-state index in [1.807, 2.05) is 24.3 Å². The number of likely N-dealkylation sites (N-methyl/N-ethyl adjacent to an activating group) is 1. The molecule has 0 bridgehead atoms. The van der Waals surface area contributed by atoms with Crippen LogP contribution in [0.25, 0.3) is 0 Å². The minimum absolute atomic E-state index is 0.106. The molecule has 1 fully saturated rings. The molecule has 2 N–H and O–H groups in total. The largest absolute Gasteiger partial charge is 0.494 e. The van der Waals surface area contributed by atoms with Gasteiger partial charge in [-0.3, -0.25) is 4.79 Å². The number of piperazine rings is 1. The van der Waals surface area contributed by atoms with Crippen LogP contribution in [0.1, 0.15) is 30.1 Å². The molecule has 0 radical (unpaired) electrons. The van der Waals surface area contributed by atoms with E-state index >= 15 is 0 Å². The number of rotatable bonds is 7. The SMILES string of the molecule is CCCCOc1ccc(C(=O)Nc2ccc(N3CC[NH+](C)CC3)cc2)cc1. The lowest BCUT2D eigenvalue weighted by atomic mass is 10.2. The Balaban J connectivity index is 1.54. The van der Waals surface area contributed by atoms with Gasteiger partial charge in [-0.15, -0.1) is 0 Å². The standard InChI is InChI=1S/C22H29N3O2/c1-3-4-17-27-21-11-5-18(6-12-21)22(26)23-19-7-9-20(10-8-19)25-15-13-24(2)14-16-25/h5-12H,3-4,13-17H2,1-2H3,(H,23,26)/p+1. The zero-order valence-electron chi connectivity index (χ0n) is 16.3. The molecule has 0 atom stereocenters. The molecular formula is C22H30N3O2+. The predicted molar refractivity (Wildman–Crippen MR) is 110 cm³/mol. The van der Waals surface area contributed by atoms with Crippen LogP contribution in [0.5, 0.6) is 5.75 Å². The number of ether oxygens (including phenoxy) is 1. The average Bonchev–Trinajstić information content (AvgIpc) is 2.70. The third-order valence-corrected chi connectivity index (χ3v) is 4.99. The first-order valence-electron chi connectivity index (χ1n) is 9.86. The summed E-state index contributed by atoms with van der Waals surface area (Å²) in [6.45, 7) is 7.32. The van der Waals surface area contributed by atoms with Crippen LogP contribution in [0.4, 0.5) is 11.4 Å². The molecule has 2 aromatic rings. The summed E-state index contributed by atoms with van der Waals surface area (Å²) < 4.78 is 5.64. The Hall–Kier alpha value is -2.53. The van der Waals surface area contributed by atoms with Gasteiger partial charge in [0, 0.05) is 16.9 Å². The number of unbranched alkanes of at least 4 members (excludes halogenated alkanes) is 1. The van der Waals surface area contributed by atoms with Crippen LogP contribution in [-0.2, 0) is 0 Å². The molecule has 5 heteroatoms. The maximum absolute atomic E-state index is 12.4. The van der Waals surface area contributed by atoms with Crippen molar-refractivity contribution in [3.8, 4) is 5.75 Å². The molecule has 0 unspecified atom stereocenters. The number of nitrogens with one attached hydrogen (secondary N) is 2. The average molecular weight is 369 g/mol. The van der Waals surface area contributed by atoms with Gasteiger partial charge in [0.15, 0.2) is 0 Å². The lowest BCUT2D eigenvalue weighted by Gasteiger charge is -2.31. The van der Waals surface area contributed by atoms with Crippen molar-refractivity contribution in [1.82, 2.24) is 0 Å². The van der Waals surface area contributed by atoms with Crippen molar-refractivity contribution < 1.29 is 14.4 Å². The van der Waals surface area contributed by atoms with E-state index in [9.17, 15) is 4.79 Å². The minimum Gasteiger partial charge on any atom is -0.494 e. The predicted octanol–water partition coefficient (Wildman–Crippen LogP) is 2.45. The smallest absolute Gasteiger partial charge is 0.255 e. The van der Waals surface area contributed by atoms with Crippen molar-refractivity contribution in [2.24, 2.45) is 0 Å². The highest BCUT2D eigenvalue weighted by atomic mass is 16.5. The van der Waals surface area contributed by atoms with Crippen LogP contribution in [0, 0.1) is 0 Å². The van der Waals surface area contributed by atoms with E-state index in [0.29, 0.717) is 12.2 Å². The topological polar surface area (TPSA) is 46.0 Å². The van der Waals surface area contributed by atoms with Crippen LogP contribution < -0.4 is 19.9 Å². The first-order chi connectivity index (χ1) is 13.2. The number of carbonyl (C=O) groups excluding carboxylic acids is 1. The lowest BCUT2D eigenvalue weighted by molar-refractivity contribution is -0.880. The second kappa shape index (κ2) is 9.42. The minimum atomic E-state index is -0.106. The highest BCUT2D eigenvalue weighted by molar-refractivity contribution is 6.04. The summed E-state index contributed by atoms with van der Waals surface area (Å²) in [4.78, 5) is 16.4. The summed E-state index contributed by atoms with van der Waals surface area (Å²) in [7, 11) is 2.24. The summed E-state index contributed by atoms with van der Waals surface area (Å²) in [6.07, 6.45) is 2.14. The number of carbonyl (C=O) groups is 1. The highest BCUT2D eigenvalue weighted by Crippen LogP contribution is 2.19. The third-order valence-electron chi connectivity index (χ3n) is 4.99. The van der Waals surface area contributed by atoms with Crippen molar-refractivity contribution in [3.05, 3.63) is 54.1 Å². The Morgan fingerprint density at radius 2 is 1.74 bits per heavy atom. The molecule has 1 aliphatic heterocycles. The Bertz CT molecular complexity index is 720. The van der Waals surface area contributed by atoms with Crippen LogP contribution >= 0.6 is 0 Å². The summed E-state index contributed by atoms with van der Waals surface area (Å²) in [5, 5.41) is 2.96. The molecule has 1 saturated heterocycles. The quantitative estimate of drug-likeness (QED) is 0.738. The molecular weight excluding hydrogens is 338 g/mol. The normalized spacial score (nSPS) is 14.8. The Kier molecular flexibility index (Phi) is 6.71. The van der Waals surface area contributed by atoms with Gasteiger partial charge in [-0.05, 0) is 55.0 Å². The molecule has 0 spiro atoms. The number of hydrogen-bond donors (Lipinski definition) is 2. The molecule has 2 aromatic carbocycles. The Morgan fingerprint density at radius 3 is 2.37 bits per heavy atom. The molecule has 0 aliphatic carbocycles. The highest BCUT2D eigenvalue weighted by Gasteiger charge is 2.16. The third kappa shape index (κ3) is 5.47. The van der Waals surface area contributed by atoms with Crippen LogP contribution in [0.15, 0.2) is 48.5 Å². The number of quaternary nitrogens is 1. The van der Waals surface area contributed by atoms with Crippen LogP contribution in [-0.4, -0.2) is 45.7 Å². The van der Waals surface area contributed by atoms with Gasteiger partial charge in [0.2, 0.25) is 0 Å². The van der Waals surface area contributed by atoms with Gasteiger partial charge in [-0.1, -0.05) is 13.3 Å². The van der Waals surface area contributed by atoms with E-state index in [2.05, 4.69) is 36.3 Å². The van der Waals surface area contributed by atoms with Gasteiger partial charge in [-0.2, -0.15) is 0 Å². The second-order valence-electron chi connectivity index (χ2n) is 7.17. The maximum atomic E-state index is 12.4. The molecule has 3 rings (SSSR count). The fraction of sp³-hybridized carbons (Fsp3) is 0.409. The number of benzene rings is 2. The van der Waals surface area contributed by atoms with E-state index in [1.165, 1.54) is 5.69 Å². The summed E-state index contributed by atoms with van der Waals surface area (Å²) in [6, 6.07) is 15.4. The molecule has 0 aromatic heterocycles. The molecule has 5 nitrogen and oxygen atoms in total. The van der Waals surface area contributed by atoms with Gasteiger partial charge in [0.1, 0.15) is 5.75 Å². The van der Waals surface area contributed by atoms with E-state index in [4.69, 9.17) is 4.74 Å². The number of anilines is 2. The van der Waals surface area contributed by atoms with E-state index < -0.39 is 0 Å². The zero-order valence-corrected chi connectivity index (χ0v) is 16.3. The van der Waals surface area contributed by atoms with Gasteiger partial charge in [-0.25, -0.2) is 0 Å². The number of hydrogen-bond acceptors (Lipinski definition) is 3. The van der Waals surface area contributed by atoms with Crippen molar-refractivity contribution in [2.75, 3.05) is 50.1 Å². The number of nitrogens with zero attached hydrogens (tertiary/aromatic N) is 1. The van der Waals surface area contributed by atoms with Crippen molar-refractivity contribution >= 4 is 17.3 Å². The Labute approximate surface area is 161 Å². The summed E-state index contributed by atoms with van der Waals surface area (Å²) in [5.74, 6) is 0.699. The van der Waals surface area contributed by atoms with Gasteiger partial charge < -0.3 is 19.9 Å². The zero-order chi connectivity index (χ0) is 19.1. The van der Waals surface area contributed by atoms with Crippen molar-refractivity contribution in [2.45, 2.75) is 19.8 Å². The summed E-state index contributed by atoms with van der Waals surface area (Å²) in [5.41, 5.74) is 2.66. The fourth-order valence-corrected chi connectivity index (χ4v) is 3.14. The molecule has 144 valence electrons. The van der Waals surface area contributed by atoms with Crippen LogP contribution in [0.2, 0.25) is 0 Å². The molecule has 1 aliphatic rings. The lowest BCUT2D eigenvalue weighted by Crippen LogP contribution is -3.12.